The highest BCUT2D eigenvalue weighted by molar-refractivity contribution is 4.84. The summed E-state index contributed by atoms with van der Waals surface area (Å²) in [6, 6.07) is 0. The molecule has 0 aromatic heterocycles. The average molecular weight is 201 g/mol. The topological polar surface area (TPSA) is 52.5 Å². The van der Waals surface area contributed by atoms with Crippen molar-refractivity contribution in [3.05, 3.63) is 0 Å². The largest absolute Gasteiger partial charge is 0.392 e. The Morgan fingerprint density at radius 1 is 1.43 bits per heavy atom. The fourth-order valence-corrected chi connectivity index (χ4v) is 1.32. The first-order valence-corrected chi connectivity index (χ1v) is 5.54. The molecule has 0 bridgehead atoms. The Morgan fingerprint density at radius 3 is 2.43 bits per heavy atom. The van der Waals surface area contributed by atoms with Crippen LogP contribution >= 0.6 is 0 Å². The minimum Gasteiger partial charge on any atom is -0.392 e. The van der Waals surface area contributed by atoms with Crippen molar-refractivity contribution < 1.29 is 10.2 Å². The molecular formula is C11H23NO2. The Labute approximate surface area is 86.5 Å². The molecule has 0 aromatic carbocycles. The predicted octanol–water partition coefficient (Wildman–Crippen LogP) is 0.754. The van der Waals surface area contributed by atoms with Gasteiger partial charge in [0, 0.05) is 13.1 Å². The van der Waals surface area contributed by atoms with E-state index < -0.39 is 5.60 Å². The highest BCUT2D eigenvalue weighted by Gasteiger charge is 2.30. The summed E-state index contributed by atoms with van der Waals surface area (Å²) >= 11 is 0. The van der Waals surface area contributed by atoms with Crippen molar-refractivity contribution in [1.29, 1.82) is 0 Å². The first kappa shape index (κ1) is 12.0. The second-order valence-corrected chi connectivity index (χ2v) is 5.05. The molecule has 1 aliphatic rings. The average Bonchev–Trinajstić information content (AvgIpc) is 2.85. The molecule has 3 N–H and O–H groups in total. The van der Waals surface area contributed by atoms with Gasteiger partial charge >= 0.3 is 0 Å². The van der Waals surface area contributed by atoms with Crippen LogP contribution in [-0.4, -0.2) is 35.0 Å². The van der Waals surface area contributed by atoms with Gasteiger partial charge in [0.1, 0.15) is 0 Å². The van der Waals surface area contributed by atoms with Gasteiger partial charge in [-0.15, -0.1) is 0 Å². The second kappa shape index (κ2) is 4.60. The van der Waals surface area contributed by atoms with E-state index in [9.17, 15) is 10.2 Å². The van der Waals surface area contributed by atoms with Gasteiger partial charge in [-0.1, -0.05) is 13.8 Å². The maximum atomic E-state index is 9.91. The molecule has 0 amide bonds. The van der Waals surface area contributed by atoms with Gasteiger partial charge in [-0.2, -0.15) is 0 Å². The Hall–Kier alpha value is -0.120. The standard InChI is InChI=1S/C11H23NO2/c1-8(2)11(3,14)7-12-6-10(13)9-4-5-9/h8-10,12-14H,4-7H2,1-3H3. The number of nitrogens with one attached hydrogen (secondary N) is 1. The van der Waals surface area contributed by atoms with Crippen molar-refractivity contribution in [1.82, 2.24) is 5.32 Å². The SMILES string of the molecule is CC(C)C(C)(O)CNCC(O)C1CC1. The number of hydrogen-bond acceptors (Lipinski definition) is 3. The molecule has 1 saturated carbocycles. The Balaban J connectivity index is 2.13. The normalized spacial score (nSPS) is 23.6. The Kier molecular flexibility index (Phi) is 3.93. The number of hydrogen-bond donors (Lipinski definition) is 3. The summed E-state index contributed by atoms with van der Waals surface area (Å²) in [4.78, 5) is 0. The molecule has 1 rings (SSSR count). The molecular weight excluding hydrogens is 178 g/mol. The molecule has 0 aliphatic heterocycles. The molecule has 2 unspecified atom stereocenters. The second-order valence-electron chi connectivity index (χ2n) is 5.05. The lowest BCUT2D eigenvalue weighted by Gasteiger charge is -2.28. The molecule has 0 spiro atoms. The van der Waals surface area contributed by atoms with Crippen LogP contribution in [0.15, 0.2) is 0 Å². The van der Waals surface area contributed by atoms with Crippen LogP contribution in [0.1, 0.15) is 33.6 Å². The predicted molar refractivity (Wildman–Crippen MR) is 57.1 cm³/mol. The van der Waals surface area contributed by atoms with E-state index in [1.165, 1.54) is 0 Å². The number of rotatable bonds is 6. The Bertz CT molecular complexity index is 176. The van der Waals surface area contributed by atoms with Crippen LogP contribution in [0.25, 0.3) is 0 Å². The third kappa shape index (κ3) is 3.56. The van der Waals surface area contributed by atoms with Gasteiger partial charge in [-0.25, -0.2) is 0 Å². The zero-order valence-electron chi connectivity index (χ0n) is 9.45. The zero-order chi connectivity index (χ0) is 10.8. The Morgan fingerprint density at radius 2 is 2.00 bits per heavy atom. The van der Waals surface area contributed by atoms with Gasteiger partial charge in [0.2, 0.25) is 0 Å². The van der Waals surface area contributed by atoms with Crippen LogP contribution < -0.4 is 5.32 Å². The zero-order valence-corrected chi connectivity index (χ0v) is 9.45. The molecule has 14 heavy (non-hydrogen) atoms. The van der Waals surface area contributed by atoms with Crippen molar-refractivity contribution in [2.24, 2.45) is 11.8 Å². The third-order valence-corrected chi connectivity index (χ3v) is 3.25. The van der Waals surface area contributed by atoms with Crippen LogP contribution in [0, 0.1) is 11.8 Å². The smallest absolute Gasteiger partial charge is 0.0766 e. The first-order valence-electron chi connectivity index (χ1n) is 5.54. The lowest BCUT2D eigenvalue weighted by atomic mass is 9.92. The van der Waals surface area contributed by atoms with E-state index in [2.05, 4.69) is 5.32 Å². The molecule has 0 saturated heterocycles. The van der Waals surface area contributed by atoms with Gasteiger partial charge in [0.05, 0.1) is 11.7 Å². The fourth-order valence-electron chi connectivity index (χ4n) is 1.32. The molecule has 1 fully saturated rings. The summed E-state index contributed by atoms with van der Waals surface area (Å²) in [5, 5.41) is 22.6. The van der Waals surface area contributed by atoms with Crippen molar-refractivity contribution in [3.63, 3.8) is 0 Å². The van der Waals surface area contributed by atoms with E-state index in [0.29, 0.717) is 19.0 Å². The molecule has 0 heterocycles. The molecule has 84 valence electrons. The molecule has 2 atom stereocenters. The molecule has 3 nitrogen and oxygen atoms in total. The van der Waals surface area contributed by atoms with E-state index in [0.717, 1.165) is 12.8 Å². The molecule has 3 heteroatoms. The van der Waals surface area contributed by atoms with Crippen molar-refractivity contribution in [2.75, 3.05) is 13.1 Å². The lowest BCUT2D eigenvalue weighted by Crippen LogP contribution is -2.44. The molecule has 0 radical (unpaired) electrons. The van der Waals surface area contributed by atoms with Crippen LogP contribution in [0.3, 0.4) is 0 Å². The van der Waals surface area contributed by atoms with Crippen LogP contribution in [-0.2, 0) is 0 Å². The van der Waals surface area contributed by atoms with E-state index in [4.69, 9.17) is 0 Å². The van der Waals surface area contributed by atoms with Gasteiger partial charge < -0.3 is 15.5 Å². The summed E-state index contributed by atoms with van der Waals surface area (Å²) in [6.45, 7) is 6.98. The molecule has 0 aromatic rings. The lowest BCUT2D eigenvalue weighted by molar-refractivity contribution is 0.0111. The quantitative estimate of drug-likeness (QED) is 0.594. The van der Waals surface area contributed by atoms with Crippen molar-refractivity contribution in [2.45, 2.75) is 45.3 Å². The van der Waals surface area contributed by atoms with Crippen LogP contribution in [0.5, 0.6) is 0 Å². The summed E-state index contributed by atoms with van der Waals surface area (Å²) in [5.41, 5.74) is -0.677. The highest BCUT2D eigenvalue weighted by Crippen LogP contribution is 2.32. The fraction of sp³-hybridized carbons (Fsp3) is 1.00. The van der Waals surface area contributed by atoms with Gasteiger partial charge in [-0.05, 0) is 31.6 Å². The van der Waals surface area contributed by atoms with E-state index in [-0.39, 0.29) is 12.0 Å². The maximum absolute atomic E-state index is 9.91. The summed E-state index contributed by atoms with van der Waals surface area (Å²) in [7, 11) is 0. The maximum Gasteiger partial charge on any atom is 0.0766 e. The van der Waals surface area contributed by atoms with E-state index >= 15 is 0 Å². The van der Waals surface area contributed by atoms with Crippen molar-refractivity contribution in [3.8, 4) is 0 Å². The van der Waals surface area contributed by atoms with Gasteiger partial charge in [0.15, 0.2) is 0 Å². The van der Waals surface area contributed by atoms with Crippen LogP contribution in [0.2, 0.25) is 0 Å². The monoisotopic (exact) mass is 201 g/mol. The highest BCUT2D eigenvalue weighted by atomic mass is 16.3. The summed E-state index contributed by atoms with van der Waals surface area (Å²) < 4.78 is 0. The van der Waals surface area contributed by atoms with Crippen molar-refractivity contribution >= 4 is 0 Å². The van der Waals surface area contributed by atoms with Gasteiger partial charge in [-0.3, -0.25) is 0 Å². The summed E-state index contributed by atoms with van der Waals surface area (Å²) in [6.07, 6.45) is 2.09. The number of aliphatic hydroxyl groups is 2. The van der Waals surface area contributed by atoms with E-state index in [1.807, 2.05) is 20.8 Å². The first-order chi connectivity index (χ1) is 6.43. The van der Waals surface area contributed by atoms with E-state index in [1.54, 1.807) is 0 Å². The summed E-state index contributed by atoms with van der Waals surface area (Å²) in [5.74, 6) is 0.736. The third-order valence-electron chi connectivity index (χ3n) is 3.25. The molecule has 1 aliphatic carbocycles. The minimum atomic E-state index is -0.677. The number of aliphatic hydroxyl groups excluding tert-OH is 1. The van der Waals surface area contributed by atoms with Crippen LogP contribution in [0.4, 0.5) is 0 Å². The minimum absolute atomic E-state index is 0.224. The van der Waals surface area contributed by atoms with Gasteiger partial charge in [0.25, 0.3) is 0 Å².